The van der Waals surface area contributed by atoms with Crippen LogP contribution in [0, 0.1) is 5.92 Å². The predicted octanol–water partition coefficient (Wildman–Crippen LogP) is 1.88. The molecule has 0 bridgehead atoms. The maximum atomic E-state index is 12.1. The van der Waals surface area contributed by atoms with E-state index in [2.05, 4.69) is 34.7 Å². The zero-order chi connectivity index (χ0) is 19.6. The summed E-state index contributed by atoms with van der Waals surface area (Å²) < 4.78 is 12.9. The maximum absolute atomic E-state index is 12.1. The van der Waals surface area contributed by atoms with Crippen molar-refractivity contribution in [2.24, 2.45) is 11.7 Å². The number of ether oxygens (including phenoxy) is 2. The molecule has 1 aromatic carbocycles. The number of nitrogens with two attached hydrogens (primary N) is 1. The van der Waals surface area contributed by atoms with Gasteiger partial charge in [0.1, 0.15) is 6.04 Å². The van der Waals surface area contributed by atoms with Crippen molar-refractivity contribution in [2.75, 3.05) is 19.0 Å². The normalized spacial score (nSPS) is 16.1. The van der Waals surface area contributed by atoms with Crippen LogP contribution in [0.3, 0.4) is 0 Å². The van der Waals surface area contributed by atoms with Gasteiger partial charge in [-0.2, -0.15) is 4.68 Å². The van der Waals surface area contributed by atoms with Crippen LogP contribution < -0.4 is 20.5 Å². The van der Waals surface area contributed by atoms with E-state index in [1.165, 1.54) is 4.68 Å². The lowest BCUT2D eigenvalue weighted by Gasteiger charge is -2.27. The van der Waals surface area contributed by atoms with E-state index in [0.29, 0.717) is 41.2 Å². The van der Waals surface area contributed by atoms with Crippen LogP contribution in [0.5, 0.6) is 11.5 Å². The summed E-state index contributed by atoms with van der Waals surface area (Å²) in [6, 6.07) is 4.97. The highest BCUT2D eigenvalue weighted by Crippen LogP contribution is 2.38. The highest BCUT2D eigenvalue weighted by molar-refractivity contribution is 5.95. The van der Waals surface area contributed by atoms with Crippen LogP contribution in [-0.2, 0) is 4.79 Å². The van der Waals surface area contributed by atoms with Gasteiger partial charge in [0.05, 0.1) is 19.3 Å². The summed E-state index contributed by atoms with van der Waals surface area (Å²) in [7, 11) is 1.58. The number of anilines is 1. The summed E-state index contributed by atoms with van der Waals surface area (Å²) in [6.45, 7) is 6.66. The fourth-order valence-electron chi connectivity index (χ4n) is 3.02. The largest absolute Gasteiger partial charge is 0.493 e. The standard InChI is InChI=1S/C18H24N6O3/c1-10(2)7-8-27-13-6-5-12(9-14(13)26-4)16-15(17(19)25)11(3)20-18-21-22-23-24(16)18/h5-6,9-10,16H,7-8H2,1-4H3,(H2,19,25)(H,20,21,23)/t16-/m0/s1. The van der Waals surface area contributed by atoms with Crippen LogP contribution in [0.4, 0.5) is 5.95 Å². The van der Waals surface area contributed by atoms with Crippen molar-refractivity contribution in [2.45, 2.75) is 33.2 Å². The van der Waals surface area contributed by atoms with Gasteiger partial charge in [0.25, 0.3) is 0 Å². The van der Waals surface area contributed by atoms with Gasteiger partial charge < -0.3 is 20.5 Å². The number of fused-ring (bicyclic) bond motifs is 1. The van der Waals surface area contributed by atoms with Gasteiger partial charge in [0, 0.05) is 5.70 Å². The Morgan fingerprint density at radius 2 is 2.15 bits per heavy atom. The van der Waals surface area contributed by atoms with Crippen LogP contribution in [0.1, 0.15) is 38.8 Å². The van der Waals surface area contributed by atoms with Gasteiger partial charge in [-0.25, -0.2) is 0 Å². The lowest BCUT2D eigenvalue weighted by molar-refractivity contribution is -0.115. The fraction of sp³-hybridized carbons (Fsp3) is 0.444. The Bertz CT molecular complexity index is 874. The first-order valence-electron chi connectivity index (χ1n) is 8.78. The molecule has 3 N–H and O–H groups in total. The van der Waals surface area contributed by atoms with E-state index < -0.39 is 11.9 Å². The number of primary amides is 1. The van der Waals surface area contributed by atoms with Crippen molar-refractivity contribution in [3.8, 4) is 11.5 Å². The van der Waals surface area contributed by atoms with Gasteiger partial charge in [-0.15, -0.1) is 0 Å². The molecular weight excluding hydrogens is 348 g/mol. The molecule has 1 aliphatic rings. The van der Waals surface area contributed by atoms with Crippen LogP contribution in [0.15, 0.2) is 29.5 Å². The van der Waals surface area contributed by atoms with Crippen molar-refractivity contribution in [3.63, 3.8) is 0 Å². The quantitative estimate of drug-likeness (QED) is 0.762. The minimum absolute atomic E-state index is 0.394. The Morgan fingerprint density at radius 1 is 1.37 bits per heavy atom. The molecule has 2 aromatic rings. The minimum atomic E-state index is -0.549. The van der Waals surface area contributed by atoms with Crippen molar-refractivity contribution in [1.82, 2.24) is 20.2 Å². The first-order chi connectivity index (χ1) is 12.9. The fourth-order valence-corrected chi connectivity index (χ4v) is 3.02. The average molecular weight is 372 g/mol. The van der Waals surface area contributed by atoms with Crippen molar-refractivity contribution in [3.05, 3.63) is 35.0 Å². The molecule has 1 amide bonds. The zero-order valence-electron chi connectivity index (χ0n) is 15.9. The highest BCUT2D eigenvalue weighted by atomic mass is 16.5. The van der Waals surface area contributed by atoms with Crippen LogP contribution >= 0.6 is 0 Å². The molecule has 9 heteroatoms. The minimum Gasteiger partial charge on any atom is -0.493 e. The number of allylic oxidation sites excluding steroid dienone is 1. The molecule has 27 heavy (non-hydrogen) atoms. The van der Waals surface area contributed by atoms with Crippen LogP contribution in [0.2, 0.25) is 0 Å². The monoisotopic (exact) mass is 372 g/mol. The number of benzene rings is 1. The molecular formula is C18H24N6O3. The van der Waals surface area contributed by atoms with Gasteiger partial charge >= 0.3 is 0 Å². The number of nitrogens with one attached hydrogen (secondary N) is 1. The number of carbonyl (C=O) groups is 1. The van der Waals surface area contributed by atoms with Gasteiger partial charge in [0.15, 0.2) is 11.5 Å². The van der Waals surface area contributed by atoms with E-state index in [4.69, 9.17) is 15.2 Å². The van der Waals surface area contributed by atoms with Gasteiger partial charge in [0.2, 0.25) is 11.9 Å². The lowest BCUT2D eigenvalue weighted by atomic mass is 9.95. The second kappa shape index (κ2) is 7.65. The highest BCUT2D eigenvalue weighted by Gasteiger charge is 2.33. The first-order valence-corrected chi connectivity index (χ1v) is 8.78. The second-order valence-corrected chi connectivity index (χ2v) is 6.82. The summed E-state index contributed by atoms with van der Waals surface area (Å²) in [5.41, 5.74) is 7.41. The van der Waals surface area contributed by atoms with E-state index in [0.717, 1.165) is 12.0 Å². The zero-order valence-corrected chi connectivity index (χ0v) is 15.9. The van der Waals surface area contributed by atoms with E-state index >= 15 is 0 Å². The van der Waals surface area contributed by atoms with E-state index in [1.54, 1.807) is 14.0 Å². The number of nitrogens with zero attached hydrogens (tertiary/aromatic N) is 4. The molecule has 0 unspecified atom stereocenters. The Balaban J connectivity index is 1.98. The number of rotatable bonds is 7. The number of hydrogen-bond donors (Lipinski definition) is 2. The molecule has 0 saturated carbocycles. The number of hydrogen-bond acceptors (Lipinski definition) is 7. The third-order valence-electron chi connectivity index (χ3n) is 4.44. The summed E-state index contributed by atoms with van der Waals surface area (Å²) in [5, 5.41) is 14.6. The molecule has 2 heterocycles. The van der Waals surface area contributed by atoms with E-state index in [9.17, 15) is 4.79 Å². The molecule has 0 radical (unpaired) electrons. The number of methoxy groups -OCH3 is 1. The van der Waals surface area contributed by atoms with Crippen LogP contribution in [0.25, 0.3) is 0 Å². The molecule has 3 rings (SSSR count). The SMILES string of the molecule is COc1cc([C@H]2C(C(N)=O)=C(C)Nc3nnnn32)ccc1OCCC(C)C. The van der Waals surface area contributed by atoms with Crippen molar-refractivity contribution < 1.29 is 14.3 Å². The average Bonchev–Trinajstić information content (AvgIpc) is 3.08. The van der Waals surface area contributed by atoms with Crippen molar-refractivity contribution in [1.29, 1.82) is 0 Å². The molecule has 1 aromatic heterocycles. The predicted molar refractivity (Wildman–Crippen MR) is 99.4 cm³/mol. The molecule has 144 valence electrons. The Labute approximate surface area is 157 Å². The summed E-state index contributed by atoms with van der Waals surface area (Å²) in [5.74, 6) is 1.68. The maximum Gasteiger partial charge on any atom is 0.248 e. The Hall–Kier alpha value is -3.10. The van der Waals surface area contributed by atoms with Gasteiger partial charge in [-0.05, 0) is 47.4 Å². The third-order valence-corrected chi connectivity index (χ3v) is 4.44. The van der Waals surface area contributed by atoms with Gasteiger partial charge in [-0.3, -0.25) is 4.79 Å². The van der Waals surface area contributed by atoms with E-state index in [1.807, 2.05) is 18.2 Å². The molecule has 1 atom stereocenters. The molecule has 1 aliphatic heterocycles. The summed E-state index contributed by atoms with van der Waals surface area (Å²) in [4.78, 5) is 12.1. The molecule has 0 aliphatic carbocycles. The van der Waals surface area contributed by atoms with Crippen molar-refractivity contribution >= 4 is 11.9 Å². The molecule has 0 saturated heterocycles. The molecule has 0 spiro atoms. The first kappa shape index (κ1) is 18.7. The second-order valence-electron chi connectivity index (χ2n) is 6.82. The summed E-state index contributed by atoms with van der Waals surface area (Å²) >= 11 is 0. The third kappa shape index (κ3) is 3.71. The number of carbonyl (C=O) groups excluding carboxylic acids is 1. The summed E-state index contributed by atoms with van der Waals surface area (Å²) in [6.07, 6.45) is 0.945. The van der Waals surface area contributed by atoms with Gasteiger partial charge in [-0.1, -0.05) is 25.0 Å². The number of amides is 1. The molecule has 0 fully saturated rings. The van der Waals surface area contributed by atoms with Crippen LogP contribution in [-0.4, -0.2) is 39.8 Å². The Morgan fingerprint density at radius 3 is 2.81 bits per heavy atom. The topological polar surface area (TPSA) is 117 Å². The van der Waals surface area contributed by atoms with E-state index in [-0.39, 0.29) is 0 Å². The lowest BCUT2D eigenvalue weighted by Crippen LogP contribution is -2.31. The number of aromatic nitrogens is 4. The molecule has 9 nitrogen and oxygen atoms in total. The number of tetrazole rings is 1. The Kier molecular flexibility index (Phi) is 5.29. The smallest absolute Gasteiger partial charge is 0.248 e.